The van der Waals surface area contributed by atoms with E-state index in [1.54, 1.807) is 22.2 Å². The van der Waals surface area contributed by atoms with Crippen molar-refractivity contribution in [1.82, 2.24) is 15.1 Å². The number of anilines is 1. The molecule has 4 unspecified atom stereocenters. The van der Waals surface area contributed by atoms with Crippen molar-refractivity contribution in [2.75, 3.05) is 11.4 Å². The Balaban J connectivity index is 1.50. The zero-order chi connectivity index (χ0) is 16.1. The largest absolute Gasteiger partial charge is 0.481 e. The molecule has 23 heavy (non-hydrogen) atoms. The quantitative estimate of drug-likeness (QED) is 0.829. The molecule has 0 saturated carbocycles. The summed E-state index contributed by atoms with van der Waals surface area (Å²) in [5.41, 5.74) is 0.665. The second-order valence-corrected chi connectivity index (χ2v) is 6.59. The predicted molar refractivity (Wildman–Crippen MR) is 78.4 cm³/mol. The van der Waals surface area contributed by atoms with Crippen LogP contribution in [0.2, 0.25) is 0 Å². The Morgan fingerprint density at radius 2 is 2.17 bits per heavy atom. The molecule has 122 valence electrons. The SMILES string of the molecule is O=C(O)C1CC2CCC1N2C(=O)C1CC(=O)N(c2cn[nH]c2)C1. The first-order valence-electron chi connectivity index (χ1n) is 7.90. The second-order valence-electron chi connectivity index (χ2n) is 6.59. The van der Waals surface area contributed by atoms with Crippen LogP contribution in [-0.2, 0) is 14.4 Å². The molecule has 1 aromatic rings. The second kappa shape index (κ2) is 5.07. The highest BCUT2D eigenvalue weighted by molar-refractivity contribution is 6.00. The number of amides is 2. The van der Waals surface area contributed by atoms with Crippen molar-refractivity contribution in [3.8, 4) is 0 Å². The number of carboxylic acid groups (broad SMARTS) is 1. The molecule has 0 aromatic carbocycles. The van der Waals surface area contributed by atoms with Gasteiger partial charge >= 0.3 is 5.97 Å². The van der Waals surface area contributed by atoms with Gasteiger partial charge in [-0.25, -0.2) is 0 Å². The third kappa shape index (κ3) is 2.12. The molecule has 3 aliphatic heterocycles. The molecule has 0 radical (unpaired) electrons. The van der Waals surface area contributed by atoms with Crippen LogP contribution in [0.4, 0.5) is 5.69 Å². The van der Waals surface area contributed by atoms with Crippen molar-refractivity contribution >= 4 is 23.5 Å². The molecule has 3 saturated heterocycles. The van der Waals surface area contributed by atoms with Gasteiger partial charge in [0.25, 0.3) is 0 Å². The van der Waals surface area contributed by atoms with E-state index in [9.17, 15) is 19.5 Å². The predicted octanol–water partition coefficient (Wildman–Crippen LogP) is 0.227. The fourth-order valence-electron chi connectivity index (χ4n) is 4.32. The highest BCUT2D eigenvalue weighted by Gasteiger charge is 2.53. The summed E-state index contributed by atoms with van der Waals surface area (Å²) in [6.45, 7) is 0.338. The maximum Gasteiger partial charge on any atom is 0.308 e. The number of hydrogen-bond acceptors (Lipinski definition) is 4. The number of rotatable bonds is 3. The number of aliphatic carboxylic acids is 1. The van der Waals surface area contributed by atoms with Gasteiger partial charge in [0.2, 0.25) is 11.8 Å². The molecule has 2 amide bonds. The number of hydrogen-bond donors (Lipinski definition) is 2. The van der Waals surface area contributed by atoms with E-state index in [0.717, 1.165) is 12.8 Å². The van der Waals surface area contributed by atoms with Crippen LogP contribution in [0.15, 0.2) is 12.4 Å². The highest BCUT2D eigenvalue weighted by atomic mass is 16.4. The third-order valence-corrected chi connectivity index (χ3v) is 5.38. The third-order valence-electron chi connectivity index (χ3n) is 5.38. The Hall–Kier alpha value is -2.38. The monoisotopic (exact) mass is 318 g/mol. The molecule has 4 rings (SSSR count). The zero-order valence-corrected chi connectivity index (χ0v) is 12.5. The van der Waals surface area contributed by atoms with Crippen LogP contribution in [-0.4, -0.2) is 56.6 Å². The number of H-pyrrole nitrogens is 1. The van der Waals surface area contributed by atoms with Crippen LogP contribution in [0, 0.1) is 11.8 Å². The summed E-state index contributed by atoms with van der Waals surface area (Å²) in [6.07, 6.45) is 5.52. The molecule has 2 bridgehead atoms. The molecule has 0 aliphatic carbocycles. The van der Waals surface area contributed by atoms with Gasteiger partial charge in [-0.2, -0.15) is 5.10 Å². The molecule has 2 N–H and O–H groups in total. The average Bonchev–Trinajstić information content (AvgIpc) is 3.29. The average molecular weight is 318 g/mol. The van der Waals surface area contributed by atoms with Gasteiger partial charge in [0, 0.05) is 31.2 Å². The van der Waals surface area contributed by atoms with Gasteiger partial charge in [0.1, 0.15) is 0 Å². The van der Waals surface area contributed by atoms with E-state index in [-0.39, 0.29) is 30.3 Å². The lowest BCUT2D eigenvalue weighted by Crippen LogP contribution is -2.42. The van der Waals surface area contributed by atoms with Crippen LogP contribution in [0.3, 0.4) is 0 Å². The molecule has 3 aliphatic rings. The van der Waals surface area contributed by atoms with Crippen LogP contribution in [0.1, 0.15) is 25.7 Å². The number of nitrogens with one attached hydrogen (secondary N) is 1. The lowest BCUT2D eigenvalue weighted by molar-refractivity contribution is -0.143. The Kier molecular flexibility index (Phi) is 3.14. The summed E-state index contributed by atoms with van der Waals surface area (Å²) >= 11 is 0. The maximum atomic E-state index is 12.9. The Bertz CT molecular complexity index is 658. The molecular weight excluding hydrogens is 300 g/mol. The van der Waals surface area contributed by atoms with Crippen LogP contribution in [0.5, 0.6) is 0 Å². The normalized spacial score (nSPS) is 32.8. The number of carbonyl (C=O) groups is 3. The summed E-state index contributed by atoms with van der Waals surface area (Å²) in [5.74, 6) is -1.84. The summed E-state index contributed by atoms with van der Waals surface area (Å²) < 4.78 is 0. The van der Waals surface area contributed by atoms with Crippen molar-refractivity contribution in [2.45, 2.75) is 37.8 Å². The number of aromatic amines is 1. The van der Waals surface area contributed by atoms with Gasteiger partial charge < -0.3 is 14.9 Å². The summed E-state index contributed by atoms with van der Waals surface area (Å²) in [7, 11) is 0. The molecular formula is C15H18N4O4. The van der Waals surface area contributed by atoms with Crippen molar-refractivity contribution in [3.05, 3.63) is 12.4 Å². The van der Waals surface area contributed by atoms with E-state index >= 15 is 0 Å². The molecule has 8 nitrogen and oxygen atoms in total. The minimum Gasteiger partial charge on any atom is -0.481 e. The number of carboxylic acids is 1. The topological polar surface area (TPSA) is 107 Å². The fourth-order valence-corrected chi connectivity index (χ4v) is 4.32. The maximum absolute atomic E-state index is 12.9. The van der Waals surface area contributed by atoms with Crippen LogP contribution < -0.4 is 4.90 Å². The van der Waals surface area contributed by atoms with Crippen LogP contribution in [0.25, 0.3) is 0 Å². The number of aromatic nitrogens is 2. The van der Waals surface area contributed by atoms with Gasteiger partial charge in [0.05, 0.1) is 23.7 Å². The first kappa shape index (κ1) is 14.2. The molecule has 8 heteroatoms. The zero-order valence-electron chi connectivity index (χ0n) is 12.5. The van der Waals surface area contributed by atoms with E-state index in [2.05, 4.69) is 10.2 Å². The molecule has 1 aromatic heterocycles. The number of nitrogens with zero attached hydrogens (tertiary/aromatic N) is 3. The van der Waals surface area contributed by atoms with E-state index in [1.807, 2.05) is 0 Å². The Labute approximate surface area is 132 Å². The molecule has 0 spiro atoms. The standard InChI is InChI=1S/C15H18N4O4/c20-13-3-8(7-18(13)10-5-16-17-6-10)14(21)19-9-1-2-12(19)11(4-9)15(22)23/h5-6,8-9,11-12H,1-4,7H2,(H,16,17)(H,22,23). The fraction of sp³-hybridized carbons (Fsp3) is 0.600. The van der Waals surface area contributed by atoms with E-state index < -0.39 is 17.8 Å². The summed E-state index contributed by atoms with van der Waals surface area (Å²) in [6, 6.07) is -0.185. The summed E-state index contributed by atoms with van der Waals surface area (Å²) in [4.78, 5) is 39.7. The van der Waals surface area contributed by atoms with E-state index in [4.69, 9.17) is 0 Å². The van der Waals surface area contributed by atoms with Gasteiger partial charge in [-0.15, -0.1) is 0 Å². The Morgan fingerprint density at radius 3 is 2.83 bits per heavy atom. The van der Waals surface area contributed by atoms with Crippen molar-refractivity contribution < 1.29 is 19.5 Å². The van der Waals surface area contributed by atoms with Crippen molar-refractivity contribution in [2.24, 2.45) is 11.8 Å². The Morgan fingerprint density at radius 1 is 1.35 bits per heavy atom. The summed E-state index contributed by atoms with van der Waals surface area (Å²) in [5, 5.41) is 15.8. The smallest absolute Gasteiger partial charge is 0.308 e. The lowest BCUT2D eigenvalue weighted by atomic mass is 9.89. The molecule has 3 fully saturated rings. The number of fused-ring (bicyclic) bond motifs is 2. The minimum atomic E-state index is -0.822. The van der Waals surface area contributed by atoms with Gasteiger partial charge in [-0.3, -0.25) is 19.5 Å². The number of carbonyl (C=O) groups excluding carboxylic acids is 2. The van der Waals surface area contributed by atoms with Gasteiger partial charge in [-0.1, -0.05) is 0 Å². The van der Waals surface area contributed by atoms with Crippen LogP contribution >= 0.6 is 0 Å². The minimum absolute atomic E-state index is 0.0201. The van der Waals surface area contributed by atoms with Crippen molar-refractivity contribution in [3.63, 3.8) is 0 Å². The first-order chi connectivity index (χ1) is 11.1. The lowest BCUT2D eigenvalue weighted by Gasteiger charge is -2.26. The highest BCUT2D eigenvalue weighted by Crippen LogP contribution is 2.43. The van der Waals surface area contributed by atoms with Gasteiger partial charge in [-0.05, 0) is 19.3 Å². The molecule has 4 heterocycles. The van der Waals surface area contributed by atoms with Crippen molar-refractivity contribution in [1.29, 1.82) is 0 Å². The van der Waals surface area contributed by atoms with Gasteiger partial charge in [0.15, 0.2) is 0 Å². The molecule has 4 atom stereocenters. The van der Waals surface area contributed by atoms with E-state index in [0.29, 0.717) is 18.7 Å². The van der Waals surface area contributed by atoms with E-state index in [1.165, 1.54) is 0 Å². The first-order valence-corrected chi connectivity index (χ1v) is 7.90.